The van der Waals surface area contributed by atoms with Gasteiger partial charge in [-0.25, -0.2) is 13.7 Å². The third kappa shape index (κ3) is 8.00. The van der Waals surface area contributed by atoms with Gasteiger partial charge >= 0.3 is 7.91 Å². The quantitative estimate of drug-likeness (QED) is 0.351. The first-order chi connectivity index (χ1) is 10.6. The van der Waals surface area contributed by atoms with Crippen molar-refractivity contribution in [2.45, 2.75) is 77.5 Å². The molecule has 1 atom stereocenters. The molecule has 1 heterocycles. The van der Waals surface area contributed by atoms with Crippen LogP contribution in [0, 0.1) is 0 Å². The maximum atomic E-state index is 10.7. The molecule has 1 aliphatic rings. The number of rotatable bonds is 13. The first-order valence-corrected chi connectivity index (χ1v) is 9.72. The molecule has 1 aliphatic heterocycles. The minimum atomic E-state index is -2.82. The fourth-order valence-corrected chi connectivity index (χ4v) is 3.17. The first kappa shape index (κ1) is 19.2. The predicted molar refractivity (Wildman–Crippen MR) is 88.6 cm³/mol. The monoisotopic (exact) mass is 330 g/mol. The molecule has 0 bridgehead atoms. The van der Waals surface area contributed by atoms with Crippen LogP contribution in [0.15, 0.2) is 12.4 Å². The molecule has 0 amide bonds. The highest BCUT2D eigenvalue weighted by molar-refractivity contribution is 7.24. The normalized spacial score (nSPS) is 17.5. The Labute approximate surface area is 135 Å². The fraction of sp³-hybridized carbons (Fsp3) is 0.875. The molecule has 6 heteroatoms. The number of nitrogens with zero attached hydrogens (tertiary/aromatic N) is 2. The van der Waals surface area contributed by atoms with Crippen LogP contribution >= 0.6 is 7.91 Å². The molecular weight excluding hydrogens is 299 g/mol. The van der Waals surface area contributed by atoms with Gasteiger partial charge in [0, 0.05) is 26.0 Å². The lowest BCUT2D eigenvalue weighted by atomic mass is 10.1. The van der Waals surface area contributed by atoms with Gasteiger partial charge in [0.1, 0.15) is 0 Å². The summed E-state index contributed by atoms with van der Waals surface area (Å²) >= 11 is 0. The van der Waals surface area contributed by atoms with Gasteiger partial charge in [0.15, 0.2) is 0 Å². The lowest BCUT2D eigenvalue weighted by Crippen LogP contribution is -2.37. The van der Waals surface area contributed by atoms with Crippen LogP contribution in [0.1, 0.15) is 71.1 Å². The van der Waals surface area contributed by atoms with E-state index in [4.69, 9.17) is 4.52 Å². The van der Waals surface area contributed by atoms with Crippen molar-refractivity contribution in [3.63, 3.8) is 0 Å². The van der Waals surface area contributed by atoms with Gasteiger partial charge in [-0.1, -0.05) is 64.7 Å². The Kier molecular flexibility index (Phi) is 10.3. The Hall–Kier alpha value is -0.800. The molecule has 128 valence electrons. The van der Waals surface area contributed by atoms with Gasteiger partial charge in [-0.2, -0.15) is 0 Å². The molecule has 0 aromatic heterocycles. The van der Waals surface area contributed by atoms with Crippen LogP contribution in [0.2, 0.25) is 0 Å². The summed E-state index contributed by atoms with van der Waals surface area (Å²) in [5, 5.41) is 0. The van der Waals surface area contributed by atoms with E-state index in [0.717, 1.165) is 13.0 Å². The zero-order valence-electron chi connectivity index (χ0n) is 14.1. The summed E-state index contributed by atoms with van der Waals surface area (Å²) < 4.78 is 26.4. The molecule has 0 saturated heterocycles. The molecule has 0 aromatic rings. The standard InChI is InChI=1S/C16H31N2O3P/c1-3-4-5-6-7-8-9-10-11-12-13-18-15-14-17(2)16(18)21-22(19)20/h14-16H,3-13H2,1-2H3. The molecule has 0 saturated carbocycles. The highest BCUT2D eigenvalue weighted by Gasteiger charge is 2.25. The summed E-state index contributed by atoms with van der Waals surface area (Å²) in [5.74, 6) is 0. The summed E-state index contributed by atoms with van der Waals surface area (Å²) in [6, 6.07) is 0. The molecule has 0 aromatic carbocycles. The van der Waals surface area contributed by atoms with Gasteiger partial charge in [0.05, 0.1) is 0 Å². The third-order valence-electron chi connectivity index (χ3n) is 4.08. The first-order valence-electron chi connectivity index (χ1n) is 8.62. The largest absolute Gasteiger partial charge is 0.471 e. The predicted octanol–water partition coefficient (Wildman–Crippen LogP) is 5.01. The van der Waals surface area contributed by atoms with E-state index < -0.39 is 14.3 Å². The number of unbranched alkanes of at least 4 members (excludes halogenated alkanes) is 9. The molecule has 0 radical (unpaired) electrons. The highest BCUT2D eigenvalue weighted by Crippen LogP contribution is 2.22. The topological polar surface area (TPSA) is 49.9 Å². The molecule has 1 unspecified atom stereocenters. The van der Waals surface area contributed by atoms with E-state index in [1.165, 1.54) is 57.8 Å². The second-order valence-electron chi connectivity index (χ2n) is 6.04. The van der Waals surface area contributed by atoms with Crippen molar-refractivity contribution in [3.8, 4) is 0 Å². The van der Waals surface area contributed by atoms with Gasteiger partial charge in [-0.3, -0.25) is 0 Å². The van der Waals surface area contributed by atoms with E-state index in [1.54, 1.807) is 4.90 Å². The van der Waals surface area contributed by atoms with E-state index in [2.05, 4.69) is 6.92 Å². The third-order valence-corrected chi connectivity index (χ3v) is 4.44. The summed E-state index contributed by atoms with van der Waals surface area (Å²) in [7, 11) is -1.00. The van der Waals surface area contributed by atoms with E-state index in [-0.39, 0.29) is 0 Å². The van der Waals surface area contributed by atoms with Crippen molar-refractivity contribution in [2.75, 3.05) is 13.6 Å². The summed E-state index contributed by atoms with van der Waals surface area (Å²) in [5.41, 5.74) is 0. The second-order valence-corrected chi connectivity index (χ2v) is 6.70. The van der Waals surface area contributed by atoms with E-state index >= 15 is 0 Å². The van der Waals surface area contributed by atoms with Crippen molar-refractivity contribution >= 4 is 7.91 Å². The molecule has 0 fully saturated rings. The maximum absolute atomic E-state index is 10.7. The average Bonchev–Trinajstić information content (AvgIpc) is 2.81. The molecule has 22 heavy (non-hydrogen) atoms. The summed E-state index contributed by atoms with van der Waals surface area (Å²) in [6.07, 6.45) is 16.3. The molecular formula is C16H31N2O3P. The highest BCUT2D eigenvalue weighted by atomic mass is 31.1. The molecule has 1 rings (SSSR count). The summed E-state index contributed by atoms with van der Waals surface area (Å²) in [6.45, 7) is 3.09. The van der Waals surface area contributed by atoms with E-state index in [0.29, 0.717) is 0 Å². The molecule has 0 aliphatic carbocycles. The van der Waals surface area contributed by atoms with Crippen LogP contribution in [0.4, 0.5) is 0 Å². The van der Waals surface area contributed by atoms with E-state index in [9.17, 15) is 9.13 Å². The van der Waals surface area contributed by atoms with Crippen LogP contribution < -0.4 is 0 Å². The Morgan fingerprint density at radius 2 is 1.45 bits per heavy atom. The summed E-state index contributed by atoms with van der Waals surface area (Å²) in [4.78, 5) is 3.71. The van der Waals surface area contributed by atoms with Crippen molar-refractivity contribution in [1.82, 2.24) is 9.80 Å². The zero-order valence-corrected chi connectivity index (χ0v) is 15.0. The van der Waals surface area contributed by atoms with Crippen LogP contribution in [0.5, 0.6) is 0 Å². The van der Waals surface area contributed by atoms with Crippen LogP contribution in [-0.4, -0.2) is 29.7 Å². The maximum Gasteiger partial charge on any atom is 0.471 e. The van der Waals surface area contributed by atoms with Crippen molar-refractivity contribution in [1.29, 1.82) is 0 Å². The van der Waals surface area contributed by atoms with Crippen molar-refractivity contribution in [3.05, 3.63) is 12.4 Å². The minimum absolute atomic E-state index is 0.500. The van der Waals surface area contributed by atoms with Gasteiger partial charge in [0.2, 0.25) is 6.35 Å². The second kappa shape index (κ2) is 11.7. The average molecular weight is 330 g/mol. The Bertz CT molecular complexity index is 378. The Morgan fingerprint density at radius 1 is 0.909 bits per heavy atom. The van der Waals surface area contributed by atoms with Gasteiger partial charge < -0.3 is 9.80 Å². The van der Waals surface area contributed by atoms with Crippen molar-refractivity contribution in [2.24, 2.45) is 0 Å². The number of hydrogen-bond acceptors (Lipinski definition) is 5. The smallest absolute Gasteiger partial charge is 0.336 e. The lowest BCUT2D eigenvalue weighted by molar-refractivity contribution is -0.0107. The Balaban J connectivity index is 2.01. The van der Waals surface area contributed by atoms with Crippen LogP contribution in [0.3, 0.4) is 0 Å². The molecule has 0 spiro atoms. The minimum Gasteiger partial charge on any atom is -0.336 e. The molecule has 0 N–H and O–H groups in total. The van der Waals surface area contributed by atoms with Crippen molar-refractivity contribution < 1.29 is 13.7 Å². The Morgan fingerprint density at radius 3 is 2.00 bits per heavy atom. The molecule has 5 nitrogen and oxygen atoms in total. The fourth-order valence-electron chi connectivity index (χ4n) is 2.75. The van der Waals surface area contributed by atoms with Crippen LogP contribution in [0.25, 0.3) is 0 Å². The van der Waals surface area contributed by atoms with E-state index in [1.807, 2.05) is 24.3 Å². The SMILES string of the molecule is CCCCCCCCCCCCN1C=CN(C)C1OP(=O)=O. The van der Waals surface area contributed by atoms with Gasteiger partial charge in [-0.15, -0.1) is 0 Å². The van der Waals surface area contributed by atoms with Crippen LogP contribution in [-0.2, 0) is 13.7 Å². The lowest BCUT2D eigenvalue weighted by Gasteiger charge is -2.27. The van der Waals surface area contributed by atoms with Gasteiger partial charge in [0.25, 0.3) is 0 Å². The number of hydrogen-bond donors (Lipinski definition) is 0. The van der Waals surface area contributed by atoms with Gasteiger partial charge in [-0.05, 0) is 6.42 Å². The zero-order chi connectivity index (χ0) is 16.2.